The predicted molar refractivity (Wildman–Crippen MR) is 150 cm³/mol. The van der Waals surface area contributed by atoms with Crippen LogP contribution >= 0.6 is 0 Å². The van der Waals surface area contributed by atoms with Gasteiger partial charge < -0.3 is 19.6 Å². The number of fused-ring (bicyclic) bond motifs is 2. The molecule has 2 aromatic rings. The van der Waals surface area contributed by atoms with Crippen molar-refractivity contribution in [2.45, 2.75) is 41.5 Å². The molecule has 3 rings (SSSR count). The third-order valence-electron chi connectivity index (χ3n) is 8.91. The topological polar surface area (TPSA) is 58.2 Å². The number of likely N-dealkylation sites (N-methyl/N-ethyl adjacent to an activating group) is 2. The number of ketones is 2. The molecule has 0 fully saturated rings. The van der Waals surface area contributed by atoms with Gasteiger partial charge in [0.2, 0.25) is 0 Å². The van der Waals surface area contributed by atoms with Crippen LogP contribution in [-0.2, 0) is 0 Å². The Kier molecular flexibility index (Phi) is 9.31. The van der Waals surface area contributed by atoms with Crippen LogP contribution in [0.5, 0.6) is 0 Å². The molecule has 0 radical (unpaired) electrons. The van der Waals surface area contributed by atoms with Crippen molar-refractivity contribution in [3.8, 4) is 0 Å². The SMILES string of the molecule is CC[N+](CC)(CC)CCNc1ccc2c(c1NCC[N+](CC)(CC)CC)C(=O)c1ccccc1C2=O. The van der Waals surface area contributed by atoms with Crippen molar-refractivity contribution >= 4 is 22.9 Å². The number of rotatable bonds is 14. The number of carbonyl (C=O) groups excluding carboxylic acids is 2. The smallest absolute Gasteiger partial charge is 0.196 e. The third-order valence-corrected chi connectivity index (χ3v) is 8.91. The van der Waals surface area contributed by atoms with Crippen molar-refractivity contribution in [1.82, 2.24) is 0 Å². The lowest BCUT2D eigenvalue weighted by Gasteiger charge is -2.36. The Morgan fingerprint density at radius 2 is 1.06 bits per heavy atom. The lowest BCUT2D eigenvalue weighted by molar-refractivity contribution is -0.921. The maximum absolute atomic E-state index is 13.7. The van der Waals surface area contributed by atoms with Crippen LogP contribution in [-0.4, -0.2) is 86.0 Å². The van der Waals surface area contributed by atoms with E-state index in [1.807, 2.05) is 24.3 Å². The normalized spacial score (nSPS) is 13.4. The van der Waals surface area contributed by atoms with Crippen molar-refractivity contribution < 1.29 is 18.6 Å². The molecule has 0 atom stereocenters. The van der Waals surface area contributed by atoms with Crippen molar-refractivity contribution in [3.05, 3.63) is 58.7 Å². The molecule has 6 nitrogen and oxygen atoms in total. The molecule has 0 heterocycles. The van der Waals surface area contributed by atoms with Gasteiger partial charge in [-0.1, -0.05) is 24.3 Å². The average molecular weight is 495 g/mol. The summed E-state index contributed by atoms with van der Waals surface area (Å²) in [5.41, 5.74) is 3.66. The Bertz CT molecular complexity index is 1050. The molecule has 0 amide bonds. The number of benzene rings is 2. The largest absolute Gasteiger partial charge is 0.378 e. The third kappa shape index (κ3) is 5.35. The fourth-order valence-corrected chi connectivity index (χ4v) is 5.65. The van der Waals surface area contributed by atoms with Crippen LogP contribution in [0, 0.1) is 0 Å². The van der Waals surface area contributed by atoms with E-state index in [4.69, 9.17) is 0 Å². The molecule has 0 saturated heterocycles. The molecule has 6 heteroatoms. The van der Waals surface area contributed by atoms with E-state index in [0.29, 0.717) is 22.3 Å². The zero-order chi connectivity index (χ0) is 26.3. The van der Waals surface area contributed by atoms with Crippen LogP contribution in [0.15, 0.2) is 36.4 Å². The second-order valence-corrected chi connectivity index (χ2v) is 10.00. The molecular formula is C30H46N4O2+2. The summed E-state index contributed by atoms with van der Waals surface area (Å²) in [6.07, 6.45) is 0. The zero-order valence-electron chi connectivity index (χ0n) is 23.2. The number of nitrogens with one attached hydrogen (secondary N) is 2. The van der Waals surface area contributed by atoms with Gasteiger partial charge in [0.15, 0.2) is 11.6 Å². The number of anilines is 2. The van der Waals surface area contributed by atoms with E-state index in [-0.39, 0.29) is 11.6 Å². The second kappa shape index (κ2) is 12.0. The van der Waals surface area contributed by atoms with Gasteiger partial charge in [-0.05, 0) is 53.7 Å². The minimum atomic E-state index is -0.0748. The molecule has 196 valence electrons. The van der Waals surface area contributed by atoms with E-state index in [1.54, 1.807) is 12.1 Å². The van der Waals surface area contributed by atoms with Crippen LogP contribution in [0.4, 0.5) is 11.4 Å². The van der Waals surface area contributed by atoms with Gasteiger partial charge in [-0.25, -0.2) is 0 Å². The van der Waals surface area contributed by atoms with Crippen molar-refractivity contribution in [2.24, 2.45) is 0 Å². The lowest BCUT2D eigenvalue weighted by atomic mass is 9.83. The van der Waals surface area contributed by atoms with Crippen LogP contribution in [0.25, 0.3) is 0 Å². The average Bonchev–Trinajstić information content (AvgIpc) is 2.93. The minimum absolute atomic E-state index is 0.0746. The molecule has 0 spiro atoms. The molecule has 0 unspecified atom stereocenters. The van der Waals surface area contributed by atoms with Gasteiger partial charge in [0.05, 0.1) is 82.4 Å². The van der Waals surface area contributed by atoms with Gasteiger partial charge in [0.1, 0.15) is 0 Å². The molecule has 0 bridgehead atoms. The van der Waals surface area contributed by atoms with Gasteiger partial charge in [-0.15, -0.1) is 0 Å². The Hall–Kier alpha value is -2.70. The minimum Gasteiger partial charge on any atom is -0.378 e. The summed E-state index contributed by atoms with van der Waals surface area (Å²) in [6.45, 7) is 23.5. The quantitative estimate of drug-likeness (QED) is 0.308. The number of carbonyl (C=O) groups is 2. The van der Waals surface area contributed by atoms with Crippen molar-refractivity contribution in [2.75, 3.05) is 76.1 Å². The highest BCUT2D eigenvalue weighted by molar-refractivity contribution is 6.30. The summed E-state index contributed by atoms with van der Waals surface area (Å²) in [4.78, 5) is 27.0. The molecule has 0 aromatic heterocycles. The first-order chi connectivity index (χ1) is 17.3. The lowest BCUT2D eigenvalue weighted by Crippen LogP contribution is -2.50. The van der Waals surface area contributed by atoms with E-state index in [1.165, 1.54) is 0 Å². The Morgan fingerprint density at radius 1 is 0.583 bits per heavy atom. The molecular weight excluding hydrogens is 448 g/mol. The van der Waals surface area contributed by atoms with Gasteiger partial charge in [0.25, 0.3) is 0 Å². The van der Waals surface area contributed by atoms with Gasteiger partial charge in [-0.3, -0.25) is 9.59 Å². The van der Waals surface area contributed by atoms with Crippen molar-refractivity contribution in [3.63, 3.8) is 0 Å². The summed E-state index contributed by atoms with van der Waals surface area (Å²) in [6, 6.07) is 11.0. The Balaban J connectivity index is 1.96. The number of nitrogens with zero attached hydrogens (tertiary/aromatic N) is 2. The number of hydrogen-bond donors (Lipinski definition) is 2. The summed E-state index contributed by atoms with van der Waals surface area (Å²) >= 11 is 0. The summed E-state index contributed by atoms with van der Waals surface area (Å²) in [7, 11) is 0. The highest BCUT2D eigenvalue weighted by atomic mass is 16.1. The fourth-order valence-electron chi connectivity index (χ4n) is 5.65. The highest BCUT2D eigenvalue weighted by Gasteiger charge is 2.33. The molecule has 2 aromatic carbocycles. The molecule has 1 aliphatic carbocycles. The first kappa shape index (κ1) is 27.9. The Labute approximate surface area is 217 Å². The predicted octanol–water partition coefficient (Wildman–Crippen LogP) is 5.04. The fraction of sp³-hybridized carbons (Fsp3) is 0.533. The highest BCUT2D eigenvalue weighted by Crippen LogP contribution is 2.36. The maximum atomic E-state index is 13.7. The molecule has 1 aliphatic rings. The van der Waals surface area contributed by atoms with E-state index in [2.05, 4.69) is 52.2 Å². The molecule has 0 aliphatic heterocycles. The van der Waals surface area contributed by atoms with E-state index < -0.39 is 0 Å². The second-order valence-electron chi connectivity index (χ2n) is 10.00. The van der Waals surface area contributed by atoms with E-state index >= 15 is 0 Å². The molecule has 36 heavy (non-hydrogen) atoms. The van der Waals surface area contributed by atoms with Gasteiger partial charge in [-0.2, -0.15) is 0 Å². The summed E-state index contributed by atoms with van der Waals surface area (Å²) < 4.78 is 2.07. The van der Waals surface area contributed by atoms with Crippen LogP contribution in [0.3, 0.4) is 0 Å². The van der Waals surface area contributed by atoms with Crippen LogP contribution < -0.4 is 10.6 Å². The summed E-state index contributed by atoms with van der Waals surface area (Å²) in [5, 5.41) is 7.24. The number of hydrogen-bond acceptors (Lipinski definition) is 4. The first-order valence-corrected chi connectivity index (χ1v) is 13.9. The van der Waals surface area contributed by atoms with Crippen LogP contribution in [0.2, 0.25) is 0 Å². The summed E-state index contributed by atoms with van der Waals surface area (Å²) in [5.74, 6) is -0.149. The Morgan fingerprint density at radius 3 is 1.56 bits per heavy atom. The van der Waals surface area contributed by atoms with E-state index in [9.17, 15) is 9.59 Å². The number of quaternary nitrogens is 2. The van der Waals surface area contributed by atoms with Crippen LogP contribution in [0.1, 0.15) is 73.4 Å². The molecule has 0 saturated carbocycles. The van der Waals surface area contributed by atoms with Gasteiger partial charge in [0, 0.05) is 16.7 Å². The van der Waals surface area contributed by atoms with Crippen molar-refractivity contribution in [1.29, 1.82) is 0 Å². The zero-order valence-corrected chi connectivity index (χ0v) is 23.2. The van der Waals surface area contributed by atoms with Gasteiger partial charge >= 0.3 is 0 Å². The van der Waals surface area contributed by atoms with E-state index in [0.717, 1.165) is 85.8 Å². The monoisotopic (exact) mass is 494 g/mol. The first-order valence-electron chi connectivity index (χ1n) is 13.9. The maximum Gasteiger partial charge on any atom is 0.196 e. The molecule has 2 N–H and O–H groups in total. The standard InChI is InChI=1S/C30H44N4O2/c1-7-33(8-2,9-3)21-19-31-26-18-17-25-27(28(26)32-20-22-34(10-4,11-5)12-6)30(36)24-16-14-13-15-23(24)29(25)35/h13-18H,7-12,19-22H2,1-6H3/p+2.